The maximum absolute atomic E-state index is 12.8. The van der Waals surface area contributed by atoms with Crippen LogP contribution in [-0.4, -0.2) is 15.5 Å². The lowest BCUT2D eigenvalue weighted by molar-refractivity contribution is 0.414. The van der Waals surface area contributed by atoms with Crippen molar-refractivity contribution >= 4 is 26.7 Å². The molecule has 0 amide bonds. The molecule has 5 heteroatoms. The number of rotatable bonds is 4. The highest BCUT2D eigenvalue weighted by Crippen LogP contribution is 2.31. The van der Waals surface area contributed by atoms with E-state index in [9.17, 15) is 13.7 Å². The minimum atomic E-state index is -3.90. The first-order valence-corrected chi connectivity index (χ1v) is 9.04. The summed E-state index contributed by atoms with van der Waals surface area (Å²) in [6, 6.07) is 20.9. The Balaban J connectivity index is 2.26. The standard InChI is InChI=1S/C20H15NO3S/c1-24-20-12-11-15-7-5-6-10-18(15)19(20)13-17(14-21)25(22,23)16-8-3-2-4-9-16/h2-13H,1H3. The molecule has 0 aliphatic rings. The molecule has 3 aromatic rings. The lowest BCUT2D eigenvalue weighted by Crippen LogP contribution is -2.03. The Labute approximate surface area is 146 Å². The summed E-state index contributed by atoms with van der Waals surface area (Å²) in [6.07, 6.45) is 1.38. The van der Waals surface area contributed by atoms with Gasteiger partial charge in [-0.15, -0.1) is 0 Å². The number of benzene rings is 3. The molecule has 0 bridgehead atoms. The zero-order chi connectivity index (χ0) is 17.9. The highest BCUT2D eigenvalue weighted by atomic mass is 32.2. The summed E-state index contributed by atoms with van der Waals surface area (Å²) in [7, 11) is -2.39. The van der Waals surface area contributed by atoms with Crippen molar-refractivity contribution in [1.82, 2.24) is 0 Å². The predicted octanol–water partition coefficient (Wildman–Crippen LogP) is 4.19. The van der Waals surface area contributed by atoms with E-state index in [2.05, 4.69) is 0 Å². The number of sulfone groups is 1. The van der Waals surface area contributed by atoms with Gasteiger partial charge in [0.2, 0.25) is 9.84 Å². The average Bonchev–Trinajstić information content (AvgIpc) is 2.66. The van der Waals surface area contributed by atoms with Crippen LogP contribution in [0.25, 0.3) is 16.8 Å². The first-order valence-electron chi connectivity index (χ1n) is 7.55. The van der Waals surface area contributed by atoms with E-state index in [1.54, 1.807) is 24.3 Å². The molecule has 3 rings (SSSR count). The molecule has 4 nitrogen and oxygen atoms in total. The van der Waals surface area contributed by atoms with E-state index >= 15 is 0 Å². The van der Waals surface area contributed by atoms with Crippen LogP contribution in [0.5, 0.6) is 5.75 Å². The van der Waals surface area contributed by atoms with Crippen molar-refractivity contribution in [3.8, 4) is 11.8 Å². The molecule has 25 heavy (non-hydrogen) atoms. The summed E-state index contributed by atoms with van der Waals surface area (Å²) in [6.45, 7) is 0. The minimum absolute atomic E-state index is 0.0852. The Hall–Kier alpha value is -3.10. The molecule has 0 saturated carbocycles. The third-order valence-electron chi connectivity index (χ3n) is 3.88. The molecule has 0 unspecified atom stereocenters. The van der Waals surface area contributed by atoms with Crippen molar-refractivity contribution in [3.63, 3.8) is 0 Å². The molecule has 0 spiro atoms. The second kappa shape index (κ2) is 6.80. The van der Waals surface area contributed by atoms with Crippen LogP contribution in [0.1, 0.15) is 5.56 Å². The fraction of sp³-hybridized carbons (Fsp3) is 0.0500. The van der Waals surface area contributed by atoms with Gasteiger partial charge in [0.25, 0.3) is 0 Å². The monoisotopic (exact) mass is 349 g/mol. The van der Waals surface area contributed by atoms with Crippen molar-refractivity contribution in [2.24, 2.45) is 0 Å². The van der Waals surface area contributed by atoms with Crippen molar-refractivity contribution in [1.29, 1.82) is 5.26 Å². The van der Waals surface area contributed by atoms with Gasteiger partial charge in [-0.05, 0) is 35.0 Å². The molecule has 0 aromatic heterocycles. The third kappa shape index (κ3) is 3.12. The maximum atomic E-state index is 12.8. The van der Waals surface area contributed by atoms with Crippen LogP contribution < -0.4 is 4.74 Å². The molecule has 0 fully saturated rings. The van der Waals surface area contributed by atoms with Crippen molar-refractivity contribution < 1.29 is 13.2 Å². The molecule has 0 atom stereocenters. The molecule has 0 aliphatic heterocycles. The van der Waals surface area contributed by atoms with E-state index in [-0.39, 0.29) is 9.80 Å². The fourth-order valence-corrected chi connectivity index (χ4v) is 3.79. The summed E-state index contributed by atoms with van der Waals surface area (Å²) in [5.41, 5.74) is 0.566. The minimum Gasteiger partial charge on any atom is -0.496 e. The normalized spacial score (nSPS) is 11.9. The van der Waals surface area contributed by atoms with Gasteiger partial charge >= 0.3 is 0 Å². The van der Waals surface area contributed by atoms with Crippen molar-refractivity contribution in [2.75, 3.05) is 7.11 Å². The first kappa shape index (κ1) is 16.7. The highest BCUT2D eigenvalue weighted by molar-refractivity contribution is 7.95. The lowest BCUT2D eigenvalue weighted by Gasteiger charge is -2.10. The summed E-state index contributed by atoms with van der Waals surface area (Å²) in [5, 5.41) is 11.2. The number of methoxy groups -OCH3 is 1. The summed E-state index contributed by atoms with van der Waals surface area (Å²) in [5.74, 6) is 0.509. The number of nitriles is 1. The quantitative estimate of drug-likeness (QED) is 0.663. The predicted molar refractivity (Wildman–Crippen MR) is 97.7 cm³/mol. The Bertz CT molecular complexity index is 1090. The topological polar surface area (TPSA) is 67.2 Å². The summed E-state index contributed by atoms with van der Waals surface area (Å²) >= 11 is 0. The molecule has 0 heterocycles. The molecular weight excluding hydrogens is 334 g/mol. The SMILES string of the molecule is COc1ccc2ccccc2c1C=C(C#N)S(=O)(=O)c1ccccc1. The van der Waals surface area contributed by atoms with Crippen LogP contribution >= 0.6 is 0 Å². The lowest BCUT2D eigenvalue weighted by atomic mass is 10.0. The molecule has 0 radical (unpaired) electrons. The zero-order valence-electron chi connectivity index (χ0n) is 13.5. The summed E-state index contributed by atoms with van der Waals surface area (Å²) < 4.78 is 30.9. The number of allylic oxidation sites excluding steroid dienone is 1. The number of ether oxygens (including phenoxy) is 1. The van der Waals surface area contributed by atoms with Gasteiger partial charge in [0.15, 0.2) is 0 Å². The molecule has 0 N–H and O–H groups in total. The van der Waals surface area contributed by atoms with Gasteiger partial charge in [0.1, 0.15) is 16.7 Å². The van der Waals surface area contributed by atoms with Gasteiger partial charge in [-0.25, -0.2) is 8.42 Å². The van der Waals surface area contributed by atoms with Crippen LogP contribution in [0.2, 0.25) is 0 Å². The van der Waals surface area contributed by atoms with Gasteiger partial charge in [-0.1, -0.05) is 48.5 Å². The Kier molecular flexibility index (Phi) is 4.55. The zero-order valence-corrected chi connectivity index (χ0v) is 14.3. The second-order valence-electron chi connectivity index (χ2n) is 5.34. The number of fused-ring (bicyclic) bond motifs is 1. The van der Waals surface area contributed by atoms with Crippen LogP contribution in [0.15, 0.2) is 76.5 Å². The second-order valence-corrected chi connectivity index (χ2v) is 7.26. The fourth-order valence-electron chi connectivity index (χ4n) is 2.63. The van der Waals surface area contributed by atoms with Crippen LogP contribution in [0.3, 0.4) is 0 Å². The molecule has 0 aliphatic carbocycles. The van der Waals surface area contributed by atoms with E-state index in [4.69, 9.17) is 4.74 Å². The Morgan fingerprint density at radius 1 is 1.00 bits per heavy atom. The molecule has 3 aromatic carbocycles. The van der Waals surface area contributed by atoms with Crippen LogP contribution in [0.4, 0.5) is 0 Å². The number of hydrogen-bond acceptors (Lipinski definition) is 4. The van der Waals surface area contributed by atoms with Crippen LogP contribution in [-0.2, 0) is 9.84 Å². The van der Waals surface area contributed by atoms with E-state index in [1.165, 1.54) is 25.3 Å². The van der Waals surface area contributed by atoms with E-state index in [1.807, 2.05) is 36.4 Å². The number of nitrogens with zero attached hydrogens (tertiary/aromatic N) is 1. The smallest absolute Gasteiger partial charge is 0.216 e. The van der Waals surface area contributed by atoms with E-state index in [0.29, 0.717) is 11.3 Å². The summed E-state index contributed by atoms with van der Waals surface area (Å²) in [4.78, 5) is -0.240. The Morgan fingerprint density at radius 2 is 1.68 bits per heavy atom. The van der Waals surface area contributed by atoms with Gasteiger partial charge < -0.3 is 4.74 Å². The molecular formula is C20H15NO3S. The van der Waals surface area contributed by atoms with E-state index in [0.717, 1.165) is 10.8 Å². The third-order valence-corrected chi connectivity index (χ3v) is 5.56. The van der Waals surface area contributed by atoms with Crippen molar-refractivity contribution in [2.45, 2.75) is 4.90 Å². The largest absolute Gasteiger partial charge is 0.496 e. The van der Waals surface area contributed by atoms with Crippen LogP contribution in [0, 0.1) is 11.3 Å². The molecule has 0 saturated heterocycles. The van der Waals surface area contributed by atoms with E-state index < -0.39 is 9.84 Å². The van der Waals surface area contributed by atoms with Gasteiger partial charge in [-0.2, -0.15) is 5.26 Å². The Morgan fingerprint density at radius 3 is 2.36 bits per heavy atom. The highest BCUT2D eigenvalue weighted by Gasteiger charge is 2.21. The van der Waals surface area contributed by atoms with Crippen molar-refractivity contribution in [3.05, 3.63) is 77.2 Å². The van der Waals surface area contributed by atoms with Gasteiger partial charge in [-0.3, -0.25) is 0 Å². The first-order chi connectivity index (χ1) is 12.1. The maximum Gasteiger partial charge on any atom is 0.216 e. The molecule has 124 valence electrons. The number of hydrogen-bond donors (Lipinski definition) is 0. The van der Waals surface area contributed by atoms with Gasteiger partial charge in [0, 0.05) is 5.56 Å². The van der Waals surface area contributed by atoms with Gasteiger partial charge in [0.05, 0.1) is 12.0 Å². The average molecular weight is 349 g/mol.